The van der Waals surface area contributed by atoms with Crippen molar-refractivity contribution in [3.8, 4) is 0 Å². The van der Waals surface area contributed by atoms with Gasteiger partial charge in [0.1, 0.15) is 11.3 Å². The molecule has 8 heteroatoms. The molecule has 2 N–H and O–H groups in total. The van der Waals surface area contributed by atoms with Crippen molar-refractivity contribution in [1.82, 2.24) is 10.3 Å². The molecule has 1 heterocycles. The average Bonchev–Trinajstić information content (AvgIpc) is 2.35. The van der Waals surface area contributed by atoms with Crippen molar-refractivity contribution >= 4 is 23.2 Å². The maximum absolute atomic E-state index is 11.8. The molecular weight excluding hydrogens is 274 g/mol. The Bertz CT molecular complexity index is 493. The Kier molecular flexibility index (Phi) is 5.20. The molecule has 0 saturated carbocycles. The van der Waals surface area contributed by atoms with E-state index in [9.17, 15) is 20.0 Å². The van der Waals surface area contributed by atoms with Gasteiger partial charge in [-0.15, -0.1) is 0 Å². The second-order valence-corrected chi connectivity index (χ2v) is 4.67. The molecule has 1 aromatic rings. The molecule has 19 heavy (non-hydrogen) atoms. The van der Waals surface area contributed by atoms with E-state index >= 15 is 0 Å². The van der Waals surface area contributed by atoms with E-state index in [0.29, 0.717) is 0 Å². The molecule has 0 spiro atoms. The van der Waals surface area contributed by atoms with Crippen LogP contribution in [-0.2, 0) is 0 Å². The number of carbonyl (C=O) groups is 1. The maximum Gasteiger partial charge on any atom is 0.288 e. The summed E-state index contributed by atoms with van der Waals surface area (Å²) in [6.45, 7) is 3.65. The van der Waals surface area contributed by atoms with Crippen LogP contribution in [0.25, 0.3) is 0 Å². The fourth-order valence-electron chi connectivity index (χ4n) is 1.22. The van der Waals surface area contributed by atoms with Gasteiger partial charge in [0, 0.05) is 12.6 Å². The number of aliphatic hydroxyl groups excluding tert-OH is 1. The topological polar surface area (TPSA) is 105 Å². The summed E-state index contributed by atoms with van der Waals surface area (Å²) < 4.78 is 0. The number of carbonyl (C=O) groups excluding carboxylic acids is 1. The standard InChI is InChI=1S/C11H14ClN3O4/c1-6(2)9(16)5-14-11(17)8-3-7(15(18)19)4-13-10(8)12/h3-4,6,9,16H,5H2,1-2H3,(H,14,17). The predicted molar refractivity (Wildman–Crippen MR) is 69.1 cm³/mol. The highest BCUT2D eigenvalue weighted by atomic mass is 35.5. The van der Waals surface area contributed by atoms with Crippen LogP contribution < -0.4 is 5.32 Å². The molecule has 0 aliphatic rings. The van der Waals surface area contributed by atoms with Crippen LogP contribution in [0.1, 0.15) is 24.2 Å². The predicted octanol–water partition coefficient (Wildman–Crippen LogP) is 1.39. The van der Waals surface area contributed by atoms with Gasteiger partial charge in [-0.1, -0.05) is 25.4 Å². The summed E-state index contributed by atoms with van der Waals surface area (Å²) in [7, 11) is 0. The lowest BCUT2D eigenvalue weighted by molar-refractivity contribution is -0.385. The Morgan fingerprint density at radius 1 is 1.63 bits per heavy atom. The Balaban J connectivity index is 2.82. The van der Waals surface area contributed by atoms with Gasteiger partial charge in [-0.05, 0) is 5.92 Å². The summed E-state index contributed by atoms with van der Waals surface area (Å²) in [6, 6.07) is 1.05. The lowest BCUT2D eigenvalue weighted by atomic mass is 10.1. The van der Waals surface area contributed by atoms with E-state index in [1.165, 1.54) is 0 Å². The second-order valence-electron chi connectivity index (χ2n) is 4.31. The minimum absolute atomic E-state index is 0.0148. The molecule has 0 saturated heterocycles. The van der Waals surface area contributed by atoms with Gasteiger partial charge in [-0.2, -0.15) is 0 Å². The molecule has 1 rings (SSSR count). The van der Waals surface area contributed by atoms with Gasteiger partial charge in [0.15, 0.2) is 0 Å². The number of nitrogens with zero attached hydrogens (tertiary/aromatic N) is 2. The third-order valence-electron chi connectivity index (χ3n) is 2.52. The van der Waals surface area contributed by atoms with E-state index in [2.05, 4.69) is 10.3 Å². The highest BCUT2D eigenvalue weighted by Crippen LogP contribution is 2.18. The van der Waals surface area contributed by atoms with E-state index in [1.54, 1.807) is 13.8 Å². The largest absolute Gasteiger partial charge is 0.391 e. The molecule has 0 aliphatic carbocycles. The molecule has 104 valence electrons. The third-order valence-corrected chi connectivity index (χ3v) is 2.82. The van der Waals surface area contributed by atoms with Crippen LogP contribution >= 0.6 is 11.6 Å². The summed E-state index contributed by atoms with van der Waals surface area (Å²) in [5, 5.41) is 22.5. The Morgan fingerprint density at radius 2 is 2.26 bits per heavy atom. The molecular formula is C11H14ClN3O4. The molecule has 1 amide bonds. The van der Waals surface area contributed by atoms with Crippen molar-refractivity contribution in [2.24, 2.45) is 5.92 Å². The normalized spacial score (nSPS) is 12.3. The molecule has 7 nitrogen and oxygen atoms in total. The van der Waals surface area contributed by atoms with Crippen LogP contribution in [0.5, 0.6) is 0 Å². The Hall–Kier alpha value is -1.73. The van der Waals surface area contributed by atoms with Gasteiger partial charge in [0.05, 0.1) is 16.6 Å². The minimum atomic E-state index is -0.700. The number of aromatic nitrogens is 1. The molecule has 1 unspecified atom stereocenters. The average molecular weight is 288 g/mol. The van der Waals surface area contributed by atoms with Crippen LogP contribution in [0, 0.1) is 16.0 Å². The lowest BCUT2D eigenvalue weighted by Crippen LogP contribution is -2.34. The highest BCUT2D eigenvalue weighted by molar-refractivity contribution is 6.32. The molecule has 1 atom stereocenters. The zero-order valence-corrected chi connectivity index (χ0v) is 11.2. The number of pyridine rings is 1. The highest BCUT2D eigenvalue weighted by Gasteiger charge is 2.18. The lowest BCUT2D eigenvalue weighted by Gasteiger charge is -2.15. The fraction of sp³-hybridized carbons (Fsp3) is 0.455. The zero-order chi connectivity index (χ0) is 14.6. The van der Waals surface area contributed by atoms with Crippen molar-refractivity contribution in [2.45, 2.75) is 20.0 Å². The fourth-order valence-corrected chi connectivity index (χ4v) is 1.41. The van der Waals surface area contributed by atoms with Crippen LogP contribution in [0.4, 0.5) is 5.69 Å². The Morgan fingerprint density at radius 3 is 2.79 bits per heavy atom. The minimum Gasteiger partial charge on any atom is -0.391 e. The monoisotopic (exact) mass is 287 g/mol. The summed E-state index contributed by atoms with van der Waals surface area (Å²) in [4.78, 5) is 25.3. The molecule has 0 fully saturated rings. The Labute approximate surface area is 114 Å². The first kappa shape index (κ1) is 15.3. The van der Waals surface area contributed by atoms with E-state index in [1.807, 2.05) is 0 Å². The first-order valence-corrected chi connectivity index (χ1v) is 5.97. The van der Waals surface area contributed by atoms with Crippen molar-refractivity contribution in [3.05, 3.63) is 33.1 Å². The van der Waals surface area contributed by atoms with E-state index in [4.69, 9.17) is 11.6 Å². The number of rotatable bonds is 5. The summed E-state index contributed by atoms with van der Waals surface area (Å²) in [5.41, 5.74) is -0.411. The third kappa shape index (κ3) is 4.15. The first-order chi connectivity index (χ1) is 8.82. The van der Waals surface area contributed by atoms with Crippen molar-refractivity contribution in [3.63, 3.8) is 0 Å². The number of nitro groups is 1. The van der Waals surface area contributed by atoms with Gasteiger partial charge >= 0.3 is 0 Å². The number of aliphatic hydroxyl groups is 1. The van der Waals surface area contributed by atoms with Crippen molar-refractivity contribution < 1.29 is 14.8 Å². The zero-order valence-electron chi connectivity index (χ0n) is 10.5. The van der Waals surface area contributed by atoms with Gasteiger partial charge in [0.2, 0.25) is 0 Å². The number of hydrogen-bond donors (Lipinski definition) is 2. The molecule has 0 radical (unpaired) electrons. The van der Waals surface area contributed by atoms with Gasteiger partial charge in [0.25, 0.3) is 11.6 Å². The van der Waals surface area contributed by atoms with Crippen LogP contribution in [0.2, 0.25) is 5.15 Å². The van der Waals surface area contributed by atoms with Crippen molar-refractivity contribution in [2.75, 3.05) is 6.54 Å². The summed E-state index contributed by atoms with van der Waals surface area (Å²) in [5.74, 6) is -0.625. The molecule has 1 aromatic heterocycles. The van der Waals surface area contributed by atoms with Crippen LogP contribution in [0.15, 0.2) is 12.3 Å². The van der Waals surface area contributed by atoms with Gasteiger partial charge in [-0.3, -0.25) is 14.9 Å². The van der Waals surface area contributed by atoms with Crippen LogP contribution in [-0.4, -0.2) is 33.6 Å². The number of hydrogen-bond acceptors (Lipinski definition) is 5. The molecule has 0 bridgehead atoms. The summed E-state index contributed by atoms with van der Waals surface area (Å²) >= 11 is 5.72. The number of halogens is 1. The van der Waals surface area contributed by atoms with E-state index < -0.39 is 16.9 Å². The number of nitrogens with one attached hydrogen (secondary N) is 1. The second kappa shape index (κ2) is 6.44. The smallest absolute Gasteiger partial charge is 0.288 e. The van der Waals surface area contributed by atoms with Crippen molar-refractivity contribution in [1.29, 1.82) is 0 Å². The maximum atomic E-state index is 11.8. The quantitative estimate of drug-likeness (QED) is 0.483. The molecule has 0 aromatic carbocycles. The van der Waals surface area contributed by atoms with Crippen LogP contribution in [0.3, 0.4) is 0 Å². The SMILES string of the molecule is CC(C)C(O)CNC(=O)c1cc([N+](=O)[O-])cnc1Cl. The van der Waals surface area contributed by atoms with E-state index in [-0.39, 0.29) is 28.9 Å². The molecule has 0 aliphatic heterocycles. The number of amides is 1. The first-order valence-electron chi connectivity index (χ1n) is 5.59. The van der Waals surface area contributed by atoms with E-state index in [0.717, 1.165) is 12.3 Å². The van der Waals surface area contributed by atoms with Gasteiger partial charge < -0.3 is 10.4 Å². The van der Waals surface area contributed by atoms with Gasteiger partial charge in [-0.25, -0.2) is 4.98 Å². The summed E-state index contributed by atoms with van der Waals surface area (Å²) in [6.07, 6.45) is 0.275.